The summed E-state index contributed by atoms with van der Waals surface area (Å²) >= 11 is 0. The molecule has 0 aliphatic carbocycles. The second-order valence-electron chi connectivity index (χ2n) is 11.4. The fourth-order valence-electron chi connectivity index (χ4n) is 5.46. The van der Waals surface area contributed by atoms with Crippen LogP contribution in [0.15, 0.2) is 109 Å². The van der Waals surface area contributed by atoms with Crippen molar-refractivity contribution in [3.8, 4) is 11.5 Å². The number of ether oxygens (including phenoxy) is 2. The minimum absolute atomic E-state index is 0.0877. The van der Waals surface area contributed by atoms with Crippen molar-refractivity contribution in [2.75, 3.05) is 26.2 Å². The molecule has 0 saturated carbocycles. The van der Waals surface area contributed by atoms with E-state index in [0.29, 0.717) is 24.0 Å². The molecule has 0 bridgehead atoms. The highest BCUT2D eigenvalue weighted by Gasteiger charge is 2.25. The zero-order valence-corrected chi connectivity index (χ0v) is 24.9. The van der Waals surface area contributed by atoms with E-state index in [2.05, 4.69) is 34.5 Å². The number of Topliss-reactive ketones (excluding diaryl/α,β-unsaturated/α-hetero) is 1. The second kappa shape index (κ2) is 15.9. The molecule has 7 heteroatoms. The average molecular weight is 595 g/mol. The number of carbonyl (C=O) groups is 2. The van der Waals surface area contributed by atoms with Gasteiger partial charge in [-0.2, -0.15) is 0 Å². The summed E-state index contributed by atoms with van der Waals surface area (Å²) in [7, 11) is 0. The summed E-state index contributed by atoms with van der Waals surface area (Å²) in [5.41, 5.74) is 3.15. The number of hydrogen-bond acceptors (Lipinski definition) is 5. The molecule has 1 fully saturated rings. The zero-order valence-electron chi connectivity index (χ0n) is 24.9. The molecule has 0 spiro atoms. The lowest BCUT2D eigenvalue weighted by molar-refractivity contribution is -0.130. The highest BCUT2D eigenvalue weighted by molar-refractivity contribution is 5.91. The molecule has 4 aromatic carbocycles. The Labute approximate surface area is 258 Å². The number of likely N-dealkylation sites (tertiary alicyclic amines) is 1. The van der Waals surface area contributed by atoms with Crippen LogP contribution < -0.4 is 10.1 Å². The van der Waals surface area contributed by atoms with E-state index < -0.39 is 6.04 Å². The minimum atomic E-state index is -0.767. The fraction of sp³-hybridized carbons (Fsp3) is 0.297. The van der Waals surface area contributed by atoms with E-state index in [4.69, 9.17) is 9.47 Å². The first-order chi connectivity index (χ1) is 21.5. The molecule has 44 heavy (non-hydrogen) atoms. The first kappa shape index (κ1) is 31.1. The highest BCUT2D eigenvalue weighted by Crippen LogP contribution is 2.23. The molecule has 1 atom stereocenters. The summed E-state index contributed by atoms with van der Waals surface area (Å²) in [6, 6.07) is 32.5. The van der Waals surface area contributed by atoms with Gasteiger partial charge in [0.25, 0.3) is 0 Å². The van der Waals surface area contributed by atoms with Crippen LogP contribution in [0.4, 0.5) is 4.39 Å². The average Bonchev–Trinajstić information content (AvgIpc) is 3.04. The highest BCUT2D eigenvalue weighted by atomic mass is 19.1. The second-order valence-corrected chi connectivity index (χ2v) is 11.4. The standard InChI is InChI=1S/C37H39FN2O4/c38-32-13-17-34(18-14-32)44-33-15-11-29(12-16-33)24-36(41)35(27-43-26-31-9-5-2-6-10-31)39-37(42)25-40-21-19-30(20-22-40)23-28-7-3-1-4-8-28/h1-18,30,35H,19-27H2,(H,39,42)/t35-/m0/s1. The lowest BCUT2D eigenvalue weighted by Gasteiger charge is -2.32. The molecule has 1 saturated heterocycles. The van der Waals surface area contributed by atoms with Crippen LogP contribution in [0.25, 0.3) is 0 Å². The Morgan fingerprint density at radius 2 is 1.36 bits per heavy atom. The molecule has 1 N–H and O–H groups in total. The van der Waals surface area contributed by atoms with Gasteiger partial charge < -0.3 is 14.8 Å². The molecule has 1 aliphatic heterocycles. The third-order valence-electron chi connectivity index (χ3n) is 7.91. The van der Waals surface area contributed by atoms with Crippen LogP contribution >= 0.6 is 0 Å². The number of carbonyl (C=O) groups excluding carboxylic acids is 2. The molecule has 5 rings (SSSR count). The van der Waals surface area contributed by atoms with Gasteiger partial charge in [-0.25, -0.2) is 4.39 Å². The van der Waals surface area contributed by atoms with Crippen molar-refractivity contribution in [2.45, 2.75) is 38.3 Å². The molecule has 4 aromatic rings. The van der Waals surface area contributed by atoms with Gasteiger partial charge in [-0.1, -0.05) is 72.8 Å². The van der Waals surface area contributed by atoms with Crippen molar-refractivity contribution in [3.63, 3.8) is 0 Å². The van der Waals surface area contributed by atoms with E-state index in [0.717, 1.165) is 43.5 Å². The van der Waals surface area contributed by atoms with Gasteiger partial charge in [0.1, 0.15) is 23.4 Å². The lowest BCUT2D eigenvalue weighted by Crippen LogP contribution is -2.49. The van der Waals surface area contributed by atoms with E-state index in [9.17, 15) is 14.0 Å². The van der Waals surface area contributed by atoms with E-state index >= 15 is 0 Å². The molecular formula is C37H39FN2O4. The summed E-state index contributed by atoms with van der Waals surface area (Å²) in [6.45, 7) is 2.42. The fourth-order valence-corrected chi connectivity index (χ4v) is 5.46. The summed E-state index contributed by atoms with van der Waals surface area (Å²) in [5, 5.41) is 2.96. The SMILES string of the molecule is O=C(CN1CCC(Cc2ccccc2)CC1)N[C@@H](COCc1ccccc1)C(=O)Cc1ccc(Oc2ccc(F)cc2)cc1. The van der Waals surface area contributed by atoms with Crippen molar-refractivity contribution in [1.29, 1.82) is 0 Å². The number of rotatable bonds is 14. The normalized spacial score (nSPS) is 14.6. The van der Waals surface area contributed by atoms with Crippen LogP contribution in [-0.2, 0) is 33.8 Å². The van der Waals surface area contributed by atoms with Gasteiger partial charge in [0.05, 0.1) is 19.8 Å². The maximum absolute atomic E-state index is 13.4. The smallest absolute Gasteiger partial charge is 0.234 e. The molecule has 1 aliphatic rings. The monoisotopic (exact) mass is 594 g/mol. The van der Waals surface area contributed by atoms with Crippen molar-refractivity contribution in [2.24, 2.45) is 5.92 Å². The largest absolute Gasteiger partial charge is 0.457 e. The Balaban J connectivity index is 1.14. The Bertz CT molecular complexity index is 1460. The van der Waals surface area contributed by atoms with Crippen LogP contribution in [0.5, 0.6) is 11.5 Å². The van der Waals surface area contributed by atoms with Gasteiger partial charge >= 0.3 is 0 Å². The van der Waals surface area contributed by atoms with E-state index in [1.54, 1.807) is 24.3 Å². The first-order valence-corrected chi connectivity index (χ1v) is 15.2. The molecule has 1 heterocycles. The number of hydrogen-bond donors (Lipinski definition) is 1. The predicted molar refractivity (Wildman–Crippen MR) is 169 cm³/mol. The number of amides is 1. The van der Waals surface area contributed by atoms with Gasteiger partial charge in [-0.15, -0.1) is 0 Å². The predicted octanol–water partition coefficient (Wildman–Crippen LogP) is 6.39. The molecule has 6 nitrogen and oxygen atoms in total. The van der Waals surface area contributed by atoms with Crippen LogP contribution in [0.1, 0.15) is 29.5 Å². The molecular weight excluding hydrogens is 555 g/mol. The van der Waals surface area contributed by atoms with Gasteiger partial charge in [0.15, 0.2) is 5.78 Å². The van der Waals surface area contributed by atoms with Gasteiger partial charge in [0, 0.05) is 6.42 Å². The number of piperidine rings is 1. The third-order valence-corrected chi connectivity index (χ3v) is 7.91. The van der Waals surface area contributed by atoms with E-state index in [1.807, 2.05) is 48.5 Å². The number of nitrogens with zero attached hydrogens (tertiary/aromatic N) is 1. The summed E-state index contributed by atoms with van der Waals surface area (Å²) < 4.78 is 24.8. The van der Waals surface area contributed by atoms with Gasteiger partial charge in [-0.3, -0.25) is 14.5 Å². The first-order valence-electron chi connectivity index (χ1n) is 15.2. The number of ketones is 1. The Morgan fingerprint density at radius 3 is 2.00 bits per heavy atom. The number of nitrogens with one attached hydrogen (secondary N) is 1. The maximum Gasteiger partial charge on any atom is 0.234 e. The van der Waals surface area contributed by atoms with Crippen LogP contribution in [0, 0.1) is 11.7 Å². The number of halogens is 1. The van der Waals surface area contributed by atoms with E-state index in [-0.39, 0.29) is 37.1 Å². The van der Waals surface area contributed by atoms with Crippen LogP contribution in [-0.4, -0.2) is 48.9 Å². The van der Waals surface area contributed by atoms with Crippen LogP contribution in [0.3, 0.4) is 0 Å². The summed E-state index contributed by atoms with van der Waals surface area (Å²) in [5.74, 6) is 1.09. The van der Waals surface area contributed by atoms with Crippen molar-refractivity contribution >= 4 is 11.7 Å². The quantitative estimate of drug-likeness (QED) is 0.183. The summed E-state index contributed by atoms with van der Waals surface area (Å²) in [6.07, 6.45) is 3.30. The lowest BCUT2D eigenvalue weighted by atomic mass is 9.90. The number of benzene rings is 4. The van der Waals surface area contributed by atoms with Gasteiger partial charge in [0.2, 0.25) is 5.91 Å². The van der Waals surface area contributed by atoms with Crippen molar-refractivity contribution < 1.29 is 23.5 Å². The molecule has 0 unspecified atom stereocenters. The summed E-state index contributed by atoms with van der Waals surface area (Å²) in [4.78, 5) is 28.7. The van der Waals surface area contributed by atoms with Crippen molar-refractivity contribution in [3.05, 3.63) is 132 Å². The molecule has 228 valence electrons. The Hall–Kier alpha value is -4.33. The molecule has 0 radical (unpaired) electrons. The van der Waals surface area contributed by atoms with E-state index in [1.165, 1.54) is 17.7 Å². The minimum Gasteiger partial charge on any atom is -0.457 e. The third kappa shape index (κ3) is 9.86. The Kier molecular flexibility index (Phi) is 11.3. The molecule has 0 aromatic heterocycles. The van der Waals surface area contributed by atoms with Gasteiger partial charge in [-0.05, 0) is 91.4 Å². The van der Waals surface area contributed by atoms with Crippen LogP contribution in [0.2, 0.25) is 0 Å². The van der Waals surface area contributed by atoms with Crippen molar-refractivity contribution in [1.82, 2.24) is 10.2 Å². The molecule has 1 amide bonds. The Morgan fingerprint density at radius 1 is 0.773 bits per heavy atom. The topological polar surface area (TPSA) is 67.9 Å². The zero-order chi connectivity index (χ0) is 30.6. The maximum atomic E-state index is 13.4.